The van der Waals surface area contributed by atoms with Gasteiger partial charge < -0.3 is 14.7 Å². The van der Waals surface area contributed by atoms with Crippen LogP contribution in [0.1, 0.15) is 32.1 Å². The van der Waals surface area contributed by atoms with Gasteiger partial charge in [0.15, 0.2) is 0 Å². The molecule has 1 amide bonds. The molecule has 0 spiro atoms. The topological polar surface area (TPSA) is 66.8 Å². The van der Waals surface area contributed by atoms with Crippen molar-refractivity contribution in [3.05, 3.63) is 0 Å². The van der Waals surface area contributed by atoms with Gasteiger partial charge in [-0.15, -0.1) is 0 Å². The second-order valence-electron chi connectivity index (χ2n) is 4.61. The molecule has 0 bridgehead atoms. The number of aliphatic hydroxyl groups excluding tert-OH is 1. The van der Waals surface area contributed by atoms with Crippen LogP contribution in [0.15, 0.2) is 0 Å². The number of carbonyl (C=O) groups excluding carboxylic acids is 2. The van der Waals surface area contributed by atoms with Gasteiger partial charge in [-0.1, -0.05) is 0 Å². The molecule has 20 heavy (non-hydrogen) atoms. The Balaban J connectivity index is 0.00000361. The number of thioether (sulfide) groups is 1. The Labute approximate surface area is 137 Å². The third kappa shape index (κ3) is 7.03. The second-order valence-corrected chi connectivity index (χ2v) is 5.83. The molecule has 1 radical (unpaired) electrons. The van der Waals surface area contributed by atoms with Crippen LogP contribution in [0, 0.1) is 0 Å². The average Bonchev–Trinajstić information content (AvgIpc) is 2.43. The van der Waals surface area contributed by atoms with Gasteiger partial charge in [0.05, 0.1) is 19.8 Å². The molecular weight excluding hydrogens is 273 g/mol. The summed E-state index contributed by atoms with van der Waals surface area (Å²) >= 11 is 1.73. The number of ether oxygens (including phenoxy) is 1. The molecule has 1 rings (SSSR count). The fourth-order valence-electron chi connectivity index (χ4n) is 2.17. The smallest absolute Gasteiger partial charge is 0.305 e. The van der Waals surface area contributed by atoms with E-state index in [1.807, 2.05) is 0 Å². The first-order valence-corrected chi connectivity index (χ1v) is 7.89. The SMILES string of the molecule is COC(=O)CCCSCCN1C(=O)CCC[C@@H]1CO.[Li]. The van der Waals surface area contributed by atoms with Crippen molar-refractivity contribution in [2.45, 2.75) is 38.1 Å². The summed E-state index contributed by atoms with van der Waals surface area (Å²) in [4.78, 5) is 24.5. The summed E-state index contributed by atoms with van der Waals surface area (Å²) in [5.41, 5.74) is 0. The van der Waals surface area contributed by atoms with Crippen LogP contribution < -0.4 is 0 Å². The molecule has 7 heteroatoms. The predicted molar refractivity (Wildman–Crippen MR) is 80.8 cm³/mol. The molecule has 0 saturated carbocycles. The van der Waals surface area contributed by atoms with Crippen molar-refractivity contribution in [3.8, 4) is 0 Å². The van der Waals surface area contributed by atoms with Crippen molar-refractivity contribution in [3.63, 3.8) is 0 Å². The quantitative estimate of drug-likeness (QED) is 0.405. The van der Waals surface area contributed by atoms with Gasteiger partial charge >= 0.3 is 5.97 Å². The molecule has 0 aromatic rings. The number of piperidine rings is 1. The number of methoxy groups -OCH3 is 1. The fourth-order valence-corrected chi connectivity index (χ4v) is 3.05. The van der Waals surface area contributed by atoms with E-state index in [-0.39, 0.29) is 43.4 Å². The van der Waals surface area contributed by atoms with Crippen LogP contribution >= 0.6 is 11.8 Å². The van der Waals surface area contributed by atoms with Crippen LogP contribution in [-0.4, -0.2) is 78.6 Å². The molecule has 1 N–H and O–H groups in total. The summed E-state index contributed by atoms with van der Waals surface area (Å²) in [6, 6.07) is -0.00285. The van der Waals surface area contributed by atoms with E-state index in [9.17, 15) is 14.7 Å². The van der Waals surface area contributed by atoms with Crippen molar-refractivity contribution in [2.24, 2.45) is 0 Å². The maximum Gasteiger partial charge on any atom is 0.305 e. The Morgan fingerprint density at radius 1 is 1.50 bits per heavy atom. The van der Waals surface area contributed by atoms with Crippen LogP contribution in [0.5, 0.6) is 0 Å². The van der Waals surface area contributed by atoms with E-state index in [0.29, 0.717) is 19.4 Å². The molecule has 0 aromatic carbocycles. The van der Waals surface area contributed by atoms with E-state index >= 15 is 0 Å². The van der Waals surface area contributed by atoms with Gasteiger partial charge in [-0.3, -0.25) is 9.59 Å². The Bertz CT molecular complexity index is 304. The minimum absolute atomic E-state index is 0. The van der Waals surface area contributed by atoms with E-state index in [1.54, 1.807) is 16.7 Å². The van der Waals surface area contributed by atoms with Gasteiger partial charge in [0, 0.05) is 44.0 Å². The first-order chi connectivity index (χ1) is 9.19. The number of hydrogen-bond donors (Lipinski definition) is 1. The summed E-state index contributed by atoms with van der Waals surface area (Å²) in [6.45, 7) is 0.742. The van der Waals surface area contributed by atoms with Crippen LogP contribution in [0.2, 0.25) is 0 Å². The van der Waals surface area contributed by atoms with E-state index in [4.69, 9.17) is 0 Å². The van der Waals surface area contributed by atoms with Crippen LogP contribution in [0.25, 0.3) is 0 Å². The van der Waals surface area contributed by atoms with Gasteiger partial charge in [-0.2, -0.15) is 11.8 Å². The Hall–Kier alpha value is -0.153. The molecule has 1 saturated heterocycles. The van der Waals surface area contributed by atoms with Crippen LogP contribution in [0.4, 0.5) is 0 Å². The Morgan fingerprint density at radius 3 is 2.90 bits per heavy atom. The number of aliphatic hydroxyl groups is 1. The number of rotatable bonds is 8. The van der Waals surface area contributed by atoms with E-state index in [1.165, 1.54) is 7.11 Å². The molecule has 1 atom stereocenters. The second kappa shape index (κ2) is 11.5. The standard InChI is InChI=1S/C13H23NO4S.Li/c1-18-13(17)6-3-8-19-9-7-14-11(10-15)4-2-5-12(14)16;/h11,15H,2-10H2,1H3;/t11-;/m1./s1. The Morgan fingerprint density at radius 2 is 2.25 bits per heavy atom. The van der Waals surface area contributed by atoms with E-state index < -0.39 is 0 Å². The largest absolute Gasteiger partial charge is 0.469 e. The molecule has 1 fully saturated rings. The number of esters is 1. The zero-order chi connectivity index (χ0) is 14.1. The zero-order valence-electron chi connectivity index (χ0n) is 12.5. The maximum atomic E-state index is 11.8. The molecule has 1 aliphatic heterocycles. The summed E-state index contributed by atoms with van der Waals surface area (Å²) in [5.74, 6) is 1.72. The Kier molecular flexibility index (Phi) is 11.4. The van der Waals surface area contributed by atoms with Gasteiger partial charge in [-0.05, 0) is 25.0 Å². The molecule has 1 aliphatic rings. The maximum absolute atomic E-state index is 11.8. The van der Waals surface area contributed by atoms with Crippen molar-refractivity contribution < 1.29 is 19.4 Å². The summed E-state index contributed by atoms with van der Waals surface area (Å²) in [5, 5.41) is 9.26. The molecule has 1 heterocycles. The van der Waals surface area contributed by atoms with Gasteiger partial charge in [-0.25, -0.2) is 0 Å². The molecule has 0 aromatic heterocycles. The van der Waals surface area contributed by atoms with Gasteiger partial charge in [0.25, 0.3) is 0 Å². The van der Waals surface area contributed by atoms with Gasteiger partial charge in [0.1, 0.15) is 0 Å². The van der Waals surface area contributed by atoms with Crippen molar-refractivity contribution in [1.29, 1.82) is 0 Å². The minimum Gasteiger partial charge on any atom is -0.469 e. The van der Waals surface area contributed by atoms with E-state index in [0.717, 1.165) is 30.8 Å². The molecule has 5 nitrogen and oxygen atoms in total. The molecule has 0 aliphatic carbocycles. The third-order valence-corrected chi connectivity index (χ3v) is 4.32. The number of carbonyl (C=O) groups is 2. The van der Waals surface area contributed by atoms with Gasteiger partial charge in [0.2, 0.25) is 5.91 Å². The number of amides is 1. The van der Waals surface area contributed by atoms with Crippen molar-refractivity contribution in [2.75, 3.05) is 31.8 Å². The van der Waals surface area contributed by atoms with E-state index in [2.05, 4.69) is 4.74 Å². The average molecular weight is 296 g/mol. The number of nitrogens with zero attached hydrogens (tertiary/aromatic N) is 1. The third-order valence-electron chi connectivity index (χ3n) is 3.27. The normalized spacial score (nSPS) is 18.6. The minimum atomic E-state index is -0.174. The van der Waals surface area contributed by atoms with Crippen molar-refractivity contribution >= 4 is 42.5 Å². The van der Waals surface area contributed by atoms with Crippen LogP contribution in [-0.2, 0) is 14.3 Å². The summed E-state index contributed by atoms with van der Waals surface area (Å²) < 4.78 is 4.57. The molecule has 111 valence electrons. The predicted octanol–water partition coefficient (Wildman–Crippen LogP) is 0.665. The molecule has 0 unspecified atom stereocenters. The molecular formula is C13H23LiNO4S. The number of likely N-dealkylation sites (tertiary alicyclic amines) is 1. The first kappa shape index (κ1) is 19.8. The summed E-state index contributed by atoms with van der Waals surface area (Å²) in [7, 11) is 1.40. The fraction of sp³-hybridized carbons (Fsp3) is 0.846. The number of hydrogen-bond acceptors (Lipinski definition) is 5. The summed E-state index contributed by atoms with van der Waals surface area (Å²) in [6.07, 6.45) is 3.63. The van der Waals surface area contributed by atoms with Crippen LogP contribution in [0.3, 0.4) is 0 Å². The first-order valence-electron chi connectivity index (χ1n) is 6.74. The zero-order valence-corrected chi connectivity index (χ0v) is 13.3. The monoisotopic (exact) mass is 296 g/mol. The van der Waals surface area contributed by atoms with Crippen molar-refractivity contribution in [1.82, 2.24) is 4.90 Å².